The fraction of sp³-hybridized carbons (Fsp3) is 0.625. The zero-order valence-electron chi connectivity index (χ0n) is 8.40. The van der Waals surface area contributed by atoms with Gasteiger partial charge in [-0.05, 0) is 6.92 Å². The number of amides is 1. The van der Waals surface area contributed by atoms with Gasteiger partial charge in [-0.25, -0.2) is 8.42 Å². The van der Waals surface area contributed by atoms with Crippen molar-refractivity contribution in [2.45, 2.75) is 26.8 Å². The Morgan fingerprint density at radius 1 is 1.36 bits per heavy atom. The predicted octanol–water partition coefficient (Wildman–Crippen LogP) is 0.206. The summed E-state index contributed by atoms with van der Waals surface area (Å²) in [6.45, 7) is 7.85. The summed E-state index contributed by atoms with van der Waals surface area (Å²) < 4.78 is 31.6. The molecule has 5 nitrogen and oxygen atoms in total. The number of hydrogen-bond acceptors (Lipinski definition) is 4. The molecular weight excluding hydrogens is 206 g/mol. The van der Waals surface area contributed by atoms with Crippen LogP contribution in [-0.4, -0.2) is 24.9 Å². The molecular formula is C8H14NO4S-. The van der Waals surface area contributed by atoms with E-state index in [1.807, 2.05) is 0 Å². The molecule has 1 amide bonds. The largest absolute Gasteiger partial charge is 0.744 e. The maximum atomic E-state index is 11.1. The van der Waals surface area contributed by atoms with Crippen LogP contribution in [0.15, 0.2) is 11.5 Å². The topological polar surface area (TPSA) is 86.3 Å². The van der Waals surface area contributed by atoms with Crippen molar-refractivity contribution < 1.29 is 17.8 Å². The molecule has 1 N–H and O–H groups in total. The third-order valence-electron chi connectivity index (χ3n) is 1.69. The molecule has 0 saturated heterocycles. The second kappa shape index (κ2) is 4.56. The first kappa shape index (κ1) is 13.1. The fourth-order valence-corrected chi connectivity index (χ4v) is 1.17. The molecule has 0 spiro atoms. The quantitative estimate of drug-likeness (QED) is 0.686. The highest BCUT2D eigenvalue weighted by atomic mass is 32.2. The predicted molar refractivity (Wildman–Crippen MR) is 51.3 cm³/mol. The highest BCUT2D eigenvalue weighted by molar-refractivity contribution is 7.89. The molecule has 0 fully saturated rings. The third kappa shape index (κ3) is 3.89. The first-order valence-electron chi connectivity index (χ1n) is 4.11. The minimum atomic E-state index is -4.53. The molecule has 0 rings (SSSR count). The van der Waals surface area contributed by atoms with Gasteiger partial charge in [-0.15, -0.1) is 0 Å². The summed E-state index contributed by atoms with van der Waals surface area (Å²) in [6.07, 6.45) is 0. The lowest BCUT2D eigenvalue weighted by Gasteiger charge is -2.19. The minimum absolute atomic E-state index is 0.264. The van der Waals surface area contributed by atoms with Crippen molar-refractivity contribution in [2.75, 3.05) is 0 Å². The van der Waals surface area contributed by atoms with Crippen molar-refractivity contribution >= 4 is 16.0 Å². The van der Waals surface area contributed by atoms with Crippen LogP contribution in [0.5, 0.6) is 0 Å². The van der Waals surface area contributed by atoms with Gasteiger partial charge in [-0.2, -0.15) is 0 Å². The van der Waals surface area contributed by atoms with Crippen LogP contribution < -0.4 is 5.32 Å². The van der Waals surface area contributed by atoms with Crippen LogP contribution in [0.4, 0.5) is 0 Å². The maximum Gasteiger partial charge on any atom is 0.223 e. The van der Waals surface area contributed by atoms with Crippen molar-refractivity contribution in [1.29, 1.82) is 0 Å². The Morgan fingerprint density at radius 2 is 1.79 bits per heavy atom. The number of rotatable bonds is 4. The van der Waals surface area contributed by atoms with Gasteiger partial charge in [0, 0.05) is 10.8 Å². The van der Waals surface area contributed by atoms with Crippen molar-refractivity contribution in [2.24, 2.45) is 5.92 Å². The van der Waals surface area contributed by atoms with Gasteiger partial charge in [-0.3, -0.25) is 4.79 Å². The van der Waals surface area contributed by atoms with E-state index in [1.54, 1.807) is 13.8 Å². The molecule has 6 heteroatoms. The average Bonchev–Trinajstić information content (AvgIpc) is 2.00. The van der Waals surface area contributed by atoms with E-state index in [0.717, 1.165) is 0 Å². The van der Waals surface area contributed by atoms with Crippen LogP contribution in [0.1, 0.15) is 20.8 Å². The molecule has 0 aliphatic rings. The second-order valence-electron chi connectivity index (χ2n) is 3.31. The lowest BCUT2D eigenvalue weighted by atomic mass is 10.2. The molecule has 0 radical (unpaired) electrons. The molecule has 1 atom stereocenters. The molecule has 14 heavy (non-hydrogen) atoms. The van der Waals surface area contributed by atoms with Gasteiger partial charge < -0.3 is 9.87 Å². The Kier molecular flexibility index (Phi) is 4.28. The Labute approximate surface area is 83.9 Å². The van der Waals surface area contributed by atoms with Crippen molar-refractivity contribution in [3.05, 3.63) is 11.5 Å². The molecule has 0 aliphatic heterocycles. The average molecular weight is 220 g/mol. The van der Waals surface area contributed by atoms with Gasteiger partial charge in [0.1, 0.15) is 10.1 Å². The van der Waals surface area contributed by atoms with E-state index in [0.29, 0.717) is 0 Å². The molecule has 0 aliphatic carbocycles. The molecule has 0 aromatic rings. The maximum absolute atomic E-state index is 11.1. The number of nitrogens with one attached hydrogen (secondary N) is 1. The molecule has 1 unspecified atom stereocenters. The summed E-state index contributed by atoms with van der Waals surface area (Å²) in [7, 11) is -4.53. The van der Waals surface area contributed by atoms with E-state index in [-0.39, 0.29) is 11.8 Å². The smallest absolute Gasteiger partial charge is 0.223 e. The Balaban J connectivity index is 4.45. The molecule has 0 aromatic heterocycles. The SMILES string of the molecule is C=C(C(C)NC(=O)C(C)C)S(=O)(=O)[O-]. The summed E-state index contributed by atoms with van der Waals surface area (Å²) in [5.41, 5.74) is 0. The van der Waals surface area contributed by atoms with Crippen molar-refractivity contribution in [3.8, 4) is 0 Å². The third-order valence-corrected chi connectivity index (χ3v) is 2.68. The van der Waals surface area contributed by atoms with Gasteiger partial charge in [0.2, 0.25) is 5.91 Å². The zero-order chi connectivity index (χ0) is 11.5. The van der Waals surface area contributed by atoms with Crippen LogP contribution in [-0.2, 0) is 14.9 Å². The standard InChI is InChI=1S/C8H15NO4S/c1-5(2)8(10)9-6(3)7(4)14(11,12)13/h5-6H,4H2,1-3H3,(H,9,10)(H,11,12,13)/p-1. The highest BCUT2D eigenvalue weighted by Gasteiger charge is 2.16. The van der Waals surface area contributed by atoms with Crippen molar-refractivity contribution in [3.63, 3.8) is 0 Å². The first-order valence-corrected chi connectivity index (χ1v) is 5.52. The van der Waals surface area contributed by atoms with Crippen LogP contribution in [0.3, 0.4) is 0 Å². The van der Waals surface area contributed by atoms with E-state index < -0.39 is 21.1 Å². The zero-order valence-corrected chi connectivity index (χ0v) is 9.22. The summed E-state index contributed by atoms with van der Waals surface area (Å²) in [5.74, 6) is -0.582. The van der Waals surface area contributed by atoms with E-state index in [9.17, 15) is 17.8 Å². The lowest BCUT2D eigenvalue weighted by molar-refractivity contribution is -0.124. The van der Waals surface area contributed by atoms with Gasteiger partial charge in [-0.1, -0.05) is 20.4 Å². The number of carbonyl (C=O) groups excluding carboxylic acids is 1. The van der Waals surface area contributed by atoms with Gasteiger partial charge in [0.25, 0.3) is 0 Å². The normalized spacial score (nSPS) is 13.8. The Hall–Kier alpha value is -0.880. The first-order chi connectivity index (χ1) is 6.16. The van der Waals surface area contributed by atoms with E-state index in [1.165, 1.54) is 6.92 Å². The molecule has 0 saturated carbocycles. The van der Waals surface area contributed by atoms with Gasteiger partial charge in [0.15, 0.2) is 0 Å². The number of hydrogen-bond donors (Lipinski definition) is 1. The molecule has 0 bridgehead atoms. The minimum Gasteiger partial charge on any atom is -0.744 e. The van der Waals surface area contributed by atoms with Crippen molar-refractivity contribution in [1.82, 2.24) is 5.32 Å². The van der Waals surface area contributed by atoms with Crippen LogP contribution in [0.25, 0.3) is 0 Å². The van der Waals surface area contributed by atoms with Gasteiger partial charge >= 0.3 is 0 Å². The van der Waals surface area contributed by atoms with E-state index in [4.69, 9.17) is 0 Å². The molecule has 0 aromatic carbocycles. The lowest BCUT2D eigenvalue weighted by Crippen LogP contribution is -2.38. The molecule has 0 heterocycles. The summed E-state index contributed by atoms with van der Waals surface area (Å²) in [6, 6.07) is -0.854. The second-order valence-corrected chi connectivity index (χ2v) is 4.74. The fourth-order valence-electron chi connectivity index (χ4n) is 0.677. The molecule has 82 valence electrons. The monoisotopic (exact) mass is 220 g/mol. The highest BCUT2D eigenvalue weighted by Crippen LogP contribution is 2.07. The Bertz CT molecular complexity index is 331. The van der Waals surface area contributed by atoms with Crippen LogP contribution in [0.2, 0.25) is 0 Å². The van der Waals surface area contributed by atoms with Crippen LogP contribution >= 0.6 is 0 Å². The summed E-state index contributed by atoms with van der Waals surface area (Å²) in [5, 5.41) is 2.37. The van der Waals surface area contributed by atoms with Crippen LogP contribution in [0, 0.1) is 5.92 Å². The van der Waals surface area contributed by atoms with Gasteiger partial charge in [0.05, 0.1) is 6.04 Å². The van der Waals surface area contributed by atoms with E-state index >= 15 is 0 Å². The number of carbonyl (C=O) groups is 1. The summed E-state index contributed by atoms with van der Waals surface area (Å²) >= 11 is 0. The Morgan fingerprint density at radius 3 is 2.07 bits per heavy atom. The summed E-state index contributed by atoms with van der Waals surface area (Å²) in [4.78, 5) is 10.6. The van der Waals surface area contributed by atoms with E-state index in [2.05, 4.69) is 11.9 Å².